The zero-order chi connectivity index (χ0) is 17.6. The van der Waals surface area contributed by atoms with Crippen molar-refractivity contribution in [1.82, 2.24) is 20.1 Å². The number of amides is 1. The van der Waals surface area contributed by atoms with E-state index in [1.165, 1.54) is 0 Å². The van der Waals surface area contributed by atoms with E-state index in [9.17, 15) is 4.79 Å². The summed E-state index contributed by atoms with van der Waals surface area (Å²) in [5, 5.41) is 6.99. The lowest BCUT2D eigenvalue weighted by atomic mass is 10.2. The van der Waals surface area contributed by atoms with Crippen LogP contribution < -0.4 is 10.1 Å². The summed E-state index contributed by atoms with van der Waals surface area (Å²) in [5.41, 5.74) is 3.32. The first kappa shape index (κ1) is 16.7. The second-order valence-electron chi connectivity index (χ2n) is 5.70. The fraction of sp³-hybridized carbons (Fsp3) is 0.211. The molecule has 3 aromatic rings. The van der Waals surface area contributed by atoms with E-state index in [0.29, 0.717) is 18.7 Å². The highest BCUT2D eigenvalue weighted by Crippen LogP contribution is 2.14. The number of rotatable bonds is 6. The Morgan fingerprint density at radius 1 is 1.20 bits per heavy atom. The molecule has 0 bridgehead atoms. The Morgan fingerprint density at radius 2 is 2.00 bits per heavy atom. The fourth-order valence-corrected chi connectivity index (χ4v) is 2.34. The lowest BCUT2D eigenvalue weighted by molar-refractivity contribution is 0.0950. The van der Waals surface area contributed by atoms with Crippen molar-refractivity contribution in [3.63, 3.8) is 0 Å². The van der Waals surface area contributed by atoms with Crippen molar-refractivity contribution in [1.29, 1.82) is 0 Å². The minimum atomic E-state index is -0.124. The molecule has 3 rings (SSSR count). The third-order valence-corrected chi connectivity index (χ3v) is 3.97. The van der Waals surface area contributed by atoms with Crippen LogP contribution in [0.25, 0.3) is 0 Å². The van der Waals surface area contributed by atoms with Crippen LogP contribution in [-0.2, 0) is 20.2 Å². The maximum Gasteiger partial charge on any atom is 0.255 e. The number of aryl methyl sites for hydroxylation is 1. The number of ether oxygens (including phenoxy) is 1. The maximum atomic E-state index is 12.2. The molecular weight excluding hydrogens is 316 g/mol. The highest BCUT2D eigenvalue weighted by atomic mass is 16.5. The third kappa shape index (κ3) is 4.23. The number of hydrogen-bond donors (Lipinski definition) is 1. The van der Waals surface area contributed by atoms with E-state index >= 15 is 0 Å². The van der Waals surface area contributed by atoms with E-state index in [4.69, 9.17) is 4.74 Å². The molecule has 1 aromatic carbocycles. The first-order chi connectivity index (χ1) is 12.1. The van der Waals surface area contributed by atoms with Gasteiger partial charge in [-0.25, -0.2) is 0 Å². The molecule has 128 valence electrons. The SMILES string of the molecule is Cc1c(C(=O)NCc2ccc(OCc3ccccn3)cc2)cnn1C. The third-order valence-electron chi connectivity index (χ3n) is 3.97. The molecule has 1 N–H and O–H groups in total. The van der Waals surface area contributed by atoms with E-state index in [0.717, 1.165) is 22.7 Å². The maximum absolute atomic E-state index is 12.2. The summed E-state index contributed by atoms with van der Waals surface area (Å²) in [6, 6.07) is 13.4. The molecule has 0 saturated carbocycles. The molecule has 0 spiro atoms. The summed E-state index contributed by atoms with van der Waals surface area (Å²) in [6.07, 6.45) is 3.33. The number of aromatic nitrogens is 3. The van der Waals surface area contributed by atoms with E-state index in [1.807, 2.05) is 56.4 Å². The lowest BCUT2D eigenvalue weighted by Gasteiger charge is -2.08. The molecule has 25 heavy (non-hydrogen) atoms. The Balaban J connectivity index is 1.52. The average Bonchev–Trinajstić information content (AvgIpc) is 2.99. The van der Waals surface area contributed by atoms with Gasteiger partial charge in [-0.2, -0.15) is 5.10 Å². The van der Waals surface area contributed by atoms with Gasteiger partial charge < -0.3 is 10.1 Å². The number of hydrogen-bond acceptors (Lipinski definition) is 4. The molecule has 2 aromatic heterocycles. The van der Waals surface area contributed by atoms with Gasteiger partial charge in [-0.1, -0.05) is 18.2 Å². The molecule has 6 nitrogen and oxygen atoms in total. The summed E-state index contributed by atoms with van der Waals surface area (Å²) in [5.74, 6) is 0.643. The molecule has 0 aliphatic carbocycles. The van der Waals surface area contributed by atoms with Crippen LogP contribution in [0.3, 0.4) is 0 Å². The van der Waals surface area contributed by atoms with Gasteiger partial charge in [0.25, 0.3) is 5.91 Å². The zero-order valence-corrected chi connectivity index (χ0v) is 14.3. The van der Waals surface area contributed by atoms with Crippen LogP contribution in [0, 0.1) is 6.92 Å². The predicted molar refractivity (Wildman–Crippen MR) is 94.1 cm³/mol. The Labute approximate surface area is 146 Å². The van der Waals surface area contributed by atoms with Gasteiger partial charge in [0.15, 0.2) is 0 Å². The van der Waals surface area contributed by atoms with Gasteiger partial charge in [-0.3, -0.25) is 14.5 Å². The zero-order valence-electron chi connectivity index (χ0n) is 14.3. The van der Waals surface area contributed by atoms with Gasteiger partial charge in [0.05, 0.1) is 17.5 Å². The minimum Gasteiger partial charge on any atom is -0.487 e. The highest BCUT2D eigenvalue weighted by Gasteiger charge is 2.12. The topological polar surface area (TPSA) is 69.0 Å². The molecule has 0 atom stereocenters. The van der Waals surface area contributed by atoms with Crippen molar-refractivity contribution in [3.05, 3.63) is 77.4 Å². The van der Waals surface area contributed by atoms with Crippen molar-refractivity contribution in [2.24, 2.45) is 7.05 Å². The van der Waals surface area contributed by atoms with Crippen LogP contribution in [0.5, 0.6) is 5.75 Å². The molecule has 0 unspecified atom stereocenters. The second-order valence-corrected chi connectivity index (χ2v) is 5.70. The monoisotopic (exact) mass is 336 g/mol. The quantitative estimate of drug-likeness (QED) is 0.751. The number of pyridine rings is 1. The largest absolute Gasteiger partial charge is 0.487 e. The first-order valence-corrected chi connectivity index (χ1v) is 8.02. The highest BCUT2D eigenvalue weighted by molar-refractivity contribution is 5.94. The Bertz CT molecular complexity index is 842. The minimum absolute atomic E-state index is 0.124. The lowest BCUT2D eigenvalue weighted by Crippen LogP contribution is -2.23. The predicted octanol–water partition coefficient (Wildman–Crippen LogP) is 2.63. The van der Waals surface area contributed by atoms with Crippen molar-refractivity contribution in [2.45, 2.75) is 20.1 Å². The molecular formula is C19H20N4O2. The van der Waals surface area contributed by atoms with Crippen LogP contribution in [0.1, 0.15) is 27.3 Å². The molecule has 0 aliphatic heterocycles. The second kappa shape index (κ2) is 7.61. The fourth-order valence-electron chi connectivity index (χ4n) is 2.34. The first-order valence-electron chi connectivity index (χ1n) is 8.02. The van der Waals surface area contributed by atoms with Crippen LogP contribution in [0.15, 0.2) is 54.9 Å². The Hall–Kier alpha value is -3.15. The van der Waals surface area contributed by atoms with Gasteiger partial charge in [-0.05, 0) is 36.8 Å². The van der Waals surface area contributed by atoms with Gasteiger partial charge >= 0.3 is 0 Å². The number of nitrogens with zero attached hydrogens (tertiary/aromatic N) is 3. The number of carbonyl (C=O) groups is 1. The smallest absolute Gasteiger partial charge is 0.255 e. The van der Waals surface area contributed by atoms with Gasteiger partial charge in [0, 0.05) is 25.5 Å². The summed E-state index contributed by atoms with van der Waals surface area (Å²) in [6.45, 7) is 2.75. The van der Waals surface area contributed by atoms with Gasteiger partial charge in [-0.15, -0.1) is 0 Å². The van der Waals surface area contributed by atoms with Crippen LogP contribution in [0.4, 0.5) is 0 Å². The molecule has 0 aliphatic rings. The van der Waals surface area contributed by atoms with Crippen molar-refractivity contribution in [3.8, 4) is 5.75 Å². The molecule has 6 heteroatoms. The molecule has 2 heterocycles. The summed E-state index contributed by atoms with van der Waals surface area (Å²) in [7, 11) is 1.82. The Morgan fingerprint density at radius 3 is 2.64 bits per heavy atom. The number of carbonyl (C=O) groups excluding carboxylic acids is 1. The molecule has 0 radical (unpaired) electrons. The van der Waals surface area contributed by atoms with E-state index in [1.54, 1.807) is 17.1 Å². The van der Waals surface area contributed by atoms with Crippen LogP contribution >= 0.6 is 0 Å². The molecule has 1 amide bonds. The Kier molecular flexibility index (Phi) is 5.09. The molecule has 0 saturated heterocycles. The number of benzene rings is 1. The van der Waals surface area contributed by atoms with Crippen molar-refractivity contribution in [2.75, 3.05) is 0 Å². The summed E-state index contributed by atoms with van der Waals surface area (Å²) >= 11 is 0. The van der Waals surface area contributed by atoms with Gasteiger partial charge in [0.1, 0.15) is 12.4 Å². The van der Waals surface area contributed by atoms with Crippen molar-refractivity contribution < 1.29 is 9.53 Å². The van der Waals surface area contributed by atoms with E-state index in [2.05, 4.69) is 15.4 Å². The van der Waals surface area contributed by atoms with Gasteiger partial charge in [0.2, 0.25) is 0 Å². The molecule has 0 fully saturated rings. The summed E-state index contributed by atoms with van der Waals surface area (Å²) in [4.78, 5) is 16.4. The normalized spacial score (nSPS) is 10.5. The van der Waals surface area contributed by atoms with Crippen molar-refractivity contribution >= 4 is 5.91 Å². The standard InChI is InChI=1S/C19H20N4O2/c1-14-18(12-22-23(14)2)19(24)21-11-15-6-8-17(9-7-15)25-13-16-5-3-4-10-20-16/h3-10,12H,11,13H2,1-2H3,(H,21,24). The average molecular weight is 336 g/mol. The number of nitrogens with one attached hydrogen (secondary N) is 1. The van der Waals surface area contributed by atoms with Crippen LogP contribution in [-0.4, -0.2) is 20.7 Å². The van der Waals surface area contributed by atoms with E-state index in [-0.39, 0.29) is 5.91 Å². The van der Waals surface area contributed by atoms with Crippen LogP contribution in [0.2, 0.25) is 0 Å². The summed E-state index contributed by atoms with van der Waals surface area (Å²) < 4.78 is 7.38. The van der Waals surface area contributed by atoms with E-state index < -0.39 is 0 Å².